The van der Waals surface area contributed by atoms with E-state index in [-0.39, 0.29) is 5.56 Å². The number of aliphatic hydroxyl groups excluding tert-OH is 1. The van der Waals surface area contributed by atoms with Crippen LogP contribution >= 0.6 is 0 Å². The van der Waals surface area contributed by atoms with Gasteiger partial charge in [-0.25, -0.2) is 0 Å². The summed E-state index contributed by atoms with van der Waals surface area (Å²) in [7, 11) is 0. The third kappa shape index (κ3) is 3.50. The van der Waals surface area contributed by atoms with E-state index < -0.39 is 23.9 Å². The maximum Gasteiger partial charge on any atom is 0.416 e. The standard InChI is InChI=1S/C14H18F3NO2/c1-2-18-6-7-20-12(9-18)13(19)10-4-3-5-11(8-10)14(15,16)17/h3-5,8,12-13,19H,2,6-7,9H2,1H3. The number of likely N-dealkylation sites (N-methyl/N-ethyl adjacent to an activating group) is 1. The lowest BCUT2D eigenvalue weighted by atomic mass is 10.0. The van der Waals surface area contributed by atoms with Crippen LogP contribution in [0, 0.1) is 0 Å². The molecule has 1 saturated heterocycles. The Labute approximate surface area is 116 Å². The number of hydrogen-bond acceptors (Lipinski definition) is 3. The van der Waals surface area contributed by atoms with Crippen molar-refractivity contribution in [2.45, 2.75) is 25.3 Å². The monoisotopic (exact) mass is 289 g/mol. The molecule has 2 rings (SSSR count). The molecule has 20 heavy (non-hydrogen) atoms. The molecule has 3 nitrogen and oxygen atoms in total. The second kappa shape index (κ2) is 6.11. The van der Waals surface area contributed by atoms with E-state index in [1.54, 1.807) is 0 Å². The van der Waals surface area contributed by atoms with Crippen molar-refractivity contribution in [2.75, 3.05) is 26.2 Å². The smallest absolute Gasteiger partial charge is 0.386 e. The van der Waals surface area contributed by atoms with Crippen molar-refractivity contribution in [3.63, 3.8) is 0 Å². The molecule has 1 N–H and O–H groups in total. The largest absolute Gasteiger partial charge is 0.416 e. The van der Waals surface area contributed by atoms with Gasteiger partial charge in [0.1, 0.15) is 12.2 Å². The van der Waals surface area contributed by atoms with E-state index in [9.17, 15) is 18.3 Å². The molecule has 112 valence electrons. The topological polar surface area (TPSA) is 32.7 Å². The molecule has 0 saturated carbocycles. The zero-order valence-corrected chi connectivity index (χ0v) is 11.2. The first-order valence-corrected chi connectivity index (χ1v) is 6.61. The highest BCUT2D eigenvalue weighted by molar-refractivity contribution is 5.27. The Morgan fingerprint density at radius 1 is 1.45 bits per heavy atom. The molecule has 2 unspecified atom stereocenters. The molecule has 1 aliphatic heterocycles. The molecule has 1 fully saturated rings. The van der Waals surface area contributed by atoms with E-state index in [0.717, 1.165) is 25.2 Å². The zero-order valence-electron chi connectivity index (χ0n) is 11.2. The average Bonchev–Trinajstić information content (AvgIpc) is 2.46. The molecule has 0 aromatic heterocycles. The average molecular weight is 289 g/mol. The van der Waals surface area contributed by atoms with Crippen molar-refractivity contribution in [1.29, 1.82) is 0 Å². The first kappa shape index (κ1) is 15.3. The predicted molar refractivity (Wildman–Crippen MR) is 68.3 cm³/mol. The van der Waals surface area contributed by atoms with Crippen LogP contribution in [0.25, 0.3) is 0 Å². The SMILES string of the molecule is CCN1CCOC(C(O)c2cccc(C(F)(F)F)c2)C1. The maximum absolute atomic E-state index is 12.7. The summed E-state index contributed by atoms with van der Waals surface area (Å²) in [5, 5.41) is 10.2. The van der Waals surface area contributed by atoms with Gasteiger partial charge in [0.05, 0.1) is 12.2 Å². The molecule has 0 aliphatic carbocycles. The normalized spacial score (nSPS) is 22.8. The highest BCUT2D eigenvalue weighted by atomic mass is 19.4. The molecule has 1 aromatic carbocycles. The number of aliphatic hydroxyl groups is 1. The van der Waals surface area contributed by atoms with Crippen LogP contribution in [0.5, 0.6) is 0 Å². The Morgan fingerprint density at radius 2 is 2.20 bits per heavy atom. The molecule has 0 spiro atoms. The lowest BCUT2D eigenvalue weighted by Crippen LogP contribution is -2.44. The van der Waals surface area contributed by atoms with Gasteiger partial charge in [0.25, 0.3) is 0 Å². The van der Waals surface area contributed by atoms with Crippen molar-refractivity contribution in [3.8, 4) is 0 Å². The number of hydrogen-bond donors (Lipinski definition) is 1. The van der Waals surface area contributed by atoms with E-state index in [1.807, 2.05) is 6.92 Å². The highest BCUT2D eigenvalue weighted by Gasteiger charge is 2.32. The predicted octanol–water partition coefficient (Wildman–Crippen LogP) is 2.46. The molecular weight excluding hydrogens is 271 g/mol. The number of ether oxygens (including phenoxy) is 1. The van der Waals surface area contributed by atoms with Crippen LogP contribution in [-0.4, -0.2) is 42.4 Å². The Kier molecular flexibility index (Phi) is 4.67. The summed E-state index contributed by atoms with van der Waals surface area (Å²) < 4.78 is 43.5. The van der Waals surface area contributed by atoms with E-state index in [2.05, 4.69) is 4.90 Å². The second-order valence-corrected chi connectivity index (χ2v) is 4.87. The minimum atomic E-state index is -4.40. The minimum absolute atomic E-state index is 0.239. The van der Waals surface area contributed by atoms with Gasteiger partial charge in [-0.3, -0.25) is 4.90 Å². The molecule has 6 heteroatoms. The summed E-state index contributed by atoms with van der Waals surface area (Å²) in [6.45, 7) is 4.61. The van der Waals surface area contributed by atoms with E-state index >= 15 is 0 Å². The van der Waals surface area contributed by atoms with Gasteiger partial charge in [0, 0.05) is 13.1 Å². The van der Waals surface area contributed by atoms with Gasteiger partial charge in [0.15, 0.2) is 0 Å². The molecule has 1 aromatic rings. The summed E-state index contributed by atoms with van der Waals surface area (Å²) in [5.41, 5.74) is -0.514. The number of alkyl halides is 3. The van der Waals surface area contributed by atoms with Crippen LogP contribution in [0.1, 0.15) is 24.2 Å². The van der Waals surface area contributed by atoms with E-state index in [4.69, 9.17) is 4.74 Å². The fourth-order valence-corrected chi connectivity index (χ4v) is 2.32. The summed E-state index contributed by atoms with van der Waals surface area (Å²) in [5.74, 6) is 0. The van der Waals surface area contributed by atoms with Crippen molar-refractivity contribution in [1.82, 2.24) is 4.90 Å². The Hall–Kier alpha value is -1.11. The van der Waals surface area contributed by atoms with Crippen molar-refractivity contribution in [3.05, 3.63) is 35.4 Å². The first-order valence-electron chi connectivity index (χ1n) is 6.61. The lowest BCUT2D eigenvalue weighted by Gasteiger charge is -2.34. The maximum atomic E-state index is 12.7. The Balaban J connectivity index is 2.14. The molecular formula is C14H18F3NO2. The van der Waals surface area contributed by atoms with Gasteiger partial charge in [-0.1, -0.05) is 19.1 Å². The highest BCUT2D eigenvalue weighted by Crippen LogP contribution is 2.32. The van der Waals surface area contributed by atoms with Crippen molar-refractivity contribution < 1.29 is 23.0 Å². The summed E-state index contributed by atoms with van der Waals surface area (Å²) in [6, 6.07) is 4.78. The van der Waals surface area contributed by atoms with Crippen LogP contribution < -0.4 is 0 Å². The number of halogens is 3. The number of rotatable bonds is 3. The van der Waals surface area contributed by atoms with Crippen LogP contribution in [0.3, 0.4) is 0 Å². The lowest BCUT2D eigenvalue weighted by molar-refractivity contribution is -0.137. The van der Waals surface area contributed by atoms with Crippen LogP contribution in [0.15, 0.2) is 24.3 Å². The molecule has 0 bridgehead atoms. The van der Waals surface area contributed by atoms with Gasteiger partial charge in [0.2, 0.25) is 0 Å². The Morgan fingerprint density at radius 3 is 2.85 bits per heavy atom. The van der Waals surface area contributed by atoms with Crippen molar-refractivity contribution >= 4 is 0 Å². The fourth-order valence-electron chi connectivity index (χ4n) is 2.32. The molecule has 1 aliphatic rings. The van der Waals surface area contributed by atoms with Gasteiger partial charge in [-0.15, -0.1) is 0 Å². The third-order valence-corrected chi connectivity index (χ3v) is 3.53. The van der Waals surface area contributed by atoms with E-state index in [0.29, 0.717) is 13.2 Å². The number of morpholine rings is 1. The van der Waals surface area contributed by atoms with Crippen LogP contribution in [0.4, 0.5) is 13.2 Å². The number of nitrogens with zero attached hydrogens (tertiary/aromatic N) is 1. The summed E-state index contributed by atoms with van der Waals surface area (Å²) in [4.78, 5) is 2.10. The first-order chi connectivity index (χ1) is 9.41. The quantitative estimate of drug-likeness (QED) is 0.928. The van der Waals surface area contributed by atoms with Crippen molar-refractivity contribution in [2.24, 2.45) is 0 Å². The van der Waals surface area contributed by atoms with Crippen LogP contribution in [-0.2, 0) is 10.9 Å². The van der Waals surface area contributed by atoms with Gasteiger partial charge in [-0.2, -0.15) is 13.2 Å². The fraction of sp³-hybridized carbons (Fsp3) is 0.571. The molecule has 2 atom stereocenters. The number of benzene rings is 1. The van der Waals surface area contributed by atoms with Gasteiger partial charge >= 0.3 is 6.18 Å². The molecule has 1 heterocycles. The second-order valence-electron chi connectivity index (χ2n) is 4.87. The molecule has 0 radical (unpaired) electrons. The van der Waals surface area contributed by atoms with E-state index in [1.165, 1.54) is 12.1 Å². The summed E-state index contributed by atoms with van der Waals surface area (Å²) in [6.07, 6.45) is -5.95. The minimum Gasteiger partial charge on any atom is -0.386 e. The Bertz CT molecular complexity index is 450. The zero-order chi connectivity index (χ0) is 14.8. The van der Waals surface area contributed by atoms with Crippen LogP contribution in [0.2, 0.25) is 0 Å². The molecule has 0 amide bonds. The van der Waals surface area contributed by atoms with Gasteiger partial charge in [-0.05, 0) is 24.2 Å². The van der Waals surface area contributed by atoms with Gasteiger partial charge < -0.3 is 9.84 Å². The third-order valence-electron chi connectivity index (χ3n) is 3.53. The summed E-state index contributed by atoms with van der Waals surface area (Å²) >= 11 is 0.